The van der Waals surface area contributed by atoms with Gasteiger partial charge in [0.25, 0.3) is 0 Å². The first-order chi connectivity index (χ1) is 5.39. The molecule has 0 unspecified atom stereocenters. The van der Waals surface area contributed by atoms with Gasteiger partial charge in [0.2, 0.25) is 0 Å². The lowest BCUT2D eigenvalue weighted by atomic mass is 10.3. The summed E-state index contributed by atoms with van der Waals surface area (Å²) in [4.78, 5) is 0. The quantitative estimate of drug-likeness (QED) is 0.385. The number of phenols is 1. The van der Waals surface area contributed by atoms with Crippen molar-refractivity contribution in [2.24, 2.45) is 0 Å². The molecule has 0 heterocycles. The second kappa shape index (κ2) is 5.35. The van der Waals surface area contributed by atoms with Crippen molar-refractivity contribution in [1.29, 1.82) is 0 Å². The Kier molecular flexibility index (Phi) is 5.20. The molecule has 0 aromatic heterocycles. The Morgan fingerprint density at radius 3 is 1.67 bits per heavy atom. The number of hydrogen-bond donors (Lipinski definition) is 4. The third-order valence-corrected chi connectivity index (χ3v) is 0.756. The van der Waals surface area contributed by atoms with Crippen molar-refractivity contribution in [2.75, 3.05) is 0 Å². The molecule has 4 heteroatoms. The van der Waals surface area contributed by atoms with Crippen LogP contribution in [0.15, 0.2) is 30.3 Å². The lowest BCUT2D eigenvalue weighted by Gasteiger charge is -2.02. The van der Waals surface area contributed by atoms with E-state index in [-0.39, 0.29) is 0 Å². The Balaban J connectivity index is 0.000000217. The minimum atomic E-state index is -1.11. The zero-order valence-corrected chi connectivity index (χ0v) is 8.46. The molecule has 0 aliphatic carbocycles. The zero-order valence-electron chi connectivity index (χ0n) is 6.68. The summed E-state index contributed by atoms with van der Waals surface area (Å²) in [5.74, 6) is 0.322. The monoisotopic (exact) mass is 204 g/mol. The molecule has 68 valence electrons. The lowest BCUT2D eigenvalue weighted by Crippen LogP contribution is -2.00. The highest BCUT2D eigenvalue weighted by Crippen LogP contribution is 2.10. The van der Waals surface area contributed by atoms with E-state index in [0.717, 1.165) is 0 Å². The number of hydrogen-bond acceptors (Lipinski definition) is 4. The molecule has 0 saturated heterocycles. The molecule has 1 aromatic rings. The second-order valence-electron chi connectivity index (χ2n) is 2.31. The molecule has 2 nitrogen and oxygen atoms in total. The Bertz CT molecular complexity index is 200. The molecule has 0 atom stereocenters. The first-order valence-electron chi connectivity index (χ1n) is 3.31. The van der Waals surface area contributed by atoms with Crippen molar-refractivity contribution in [3.63, 3.8) is 0 Å². The Labute approximate surface area is 83.1 Å². The number of aliphatic hydroxyl groups is 1. The molecule has 2 N–H and O–H groups in total. The van der Waals surface area contributed by atoms with Crippen LogP contribution < -0.4 is 0 Å². The number of aromatic hydroxyl groups is 1. The van der Waals surface area contributed by atoms with E-state index in [1.54, 1.807) is 24.3 Å². The predicted octanol–water partition coefficient (Wildman–Crippen LogP) is 1.90. The van der Waals surface area contributed by atoms with Crippen molar-refractivity contribution >= 4 is 25.3 Å². The van der Waals surface area contributed by atoms with Crippen LogP contribution in [0.4, 0.5) is 0 Å². The molecule has 0 aliphatic heterocycles. The van der Waals surface area contributed by atoms with Crippen LogP contribution in [-0.4, -0.2) is 14.5 Å². The summed E-state index contributed by atoms with van der Waals surface area (Å²) in [5, 5.41) is 16.9. The van der Waals surface area contributed by atoms with Crippen LogP contribution in [0.25, 0.3) is 0 Å². The van der Waals surface area contributed by atoms with Gasteiger partial charge in [-0.1, -0.05) is 18.2 Å². The molecule has 0 saturated carbocycles. The maximum atomic E-state index is 8.63. The van der Waals surface area contributed by atoms with Crippen LogP contribution in [0.2, 0.25) is 0 Å². The van der Waals surface area contributed by atoms with Crippen LogP contribution in [0.3, 0.4) is 0 Å². The Morgan fingerprint density at radius 1 is 1.17 bits per heavy atom. The SMILES string of the molecule is CC(O)(S)S.Oc1ccccc1. The van der Waals surface area contributed by atoms with Gasteiger partial charge >= 0.3 is 0 Å². The van der Waals surface area contributed by atoms with Gasteiger partial charge in [-0.2, -0.15) is 0 Å². The van der Waals surface area contributed by atoms with Crippen LogP contribution in [0.5, 0.6) is 5.75 Å². The predicted molar refractivity (Wildman–Crippen MR) is 56.7 cm³/mol. The van der Waals surface area contributed by atoms with Gasteiger partial charge in [-0.3, -0.25) is 0 Å². The summed E-state index contributed by atoms with van der Waals surface area (Å²) < 4.78 is -1.11. The second-order valence-corrected chi connectivity index (χ2v) is 4.40. The number of para-hydroxylation sites is 1. The van der Waals surface area contributed by atoms with Crippen molar-refractivity contribution in [3.8, 4) is 5.75 Å². The fourth-order valence-corrected chi connectivity index (χ4v) is 0.428. The molecule has 0 amide bonds. The molecule has 0 spiro atoms. The number of rotatable bonds is 0. The highest BCUT2D eigenvalue weighted by molar-refractivity contribution is 8.00. The van der Waals surface area contributed by atoms with E-state index in [1.807, 2.05) is 6.07 Å². The first-order valence-corrected chi connectivity index (χ1v) is 4.20. The molecule has 0 bridgehead atoms. The smallest absolute Gasteiger partial charge is 0.148 e. The van der Waals surface area contributed by atoms with Gasteiger partial charge in [-0.25, -0.2) is 0 Å². The lowest BCUT2D eigenvalue weighted by molar-refractivity contribution is 0.256. The molecule has 0 aliphatic rings. The maximum absolute atomic E-state index is 8.63. The van der Waals surface area contributed by atoms with Gasteiger partial charge in [-0.05, 0) is 19.1 Å². The summed E-state index contributed by atoms with van der Waals surface area (Å²) in [6, 6.07) is 8.71. The van der Waals surface area contributed by atoms with E-state index in [2.05, 4.69) is 25.3 Å². The van der Waals surface area contributed by atoms with Gasteiger partial charge < -0.3 is 10.2 Å². The van der Waals surface area contributed by atoms with E-state index < -0.39 is 4.27 Å². The van der Waals surface area contributed by atoms with Crippen molar-refractivity contribution < 1.29 is 10.2 Å². The number of thiol groups is 2. The fourth-order valence-electron chi connectivity index (χ4n) is 0.428. The highest BCUT2D eigenvalue weighted by atomic mass is 32.2. The van der Waals surface area contributed by atoms with Gasteiger partial charge in [0, 0.05) is 0 Å². The minimum Gasteiger partial charge on any atom is -0.508 e. The summed E-state index contributed by atoms with van der Waals surface area (Å²) in [6.07, 6.45) is 0. The summed E-state index contributed by atoms with van der Waals surface area (Å²) in [7, 11) is 0. The average molecular weight is 204 g/mol. The summed E-state index contributed by atoms with van der Waals surface area (Å²) >= 11 is 7.08. The van der Waals surface area contributed by atoms with E-state index in [0.29, 0.717) is 5.75 Å². The number of benzene rings is 1. The van der Waals surface area contributed by atoms with E-state index in [4.69, 9.17) is 10.2 Å². The molecule has 0 fully saturated rings. The average Bonchev–Trinajstić information content (AvgIpc) is 1.85. The maximum Gasteiger partial charge on any atom is 0.148 e. The molecule has 1 rings (SSSR count). The molecular weight excluding hydrogens is 192 g/mol. The van der Waals surface area contributed by atoms with Crippen molar-refractivity contribution in [3.05, 3.63) is 30.3 Å². The first kappa shape index (κ1) is 11.7. The van der Waals surface area contributed by atoms with E-state index in [9.17, 15) is 0 Å². The third kappa shape index (κ3) is 12.4. The molecule has 0 radical (unpaired) electrons. The minimum absolute atomic E-state index is 0.322. The zero-order chi connectivity index (χ0) is 9.61. The van der Waals surface area contributed by atoms with Crippen LogP contribution >= 0.6 is 25.3 Å². The van der Waals surface area contributed by atoms with Gasteiger partial charge in [0.1, 0.15) is 10.0 Å². The molecule has 1 aromatic carbocycles. The van der Waals surface area contributed by atoms with Crippen molar-refractivity contribution in [2.45, 2.75) is 11.2 Å². The topological polar surface area (TPSA) is 40.5 Å². The number of phenolic OH excluding ortho intramolecular Hbond substituents is 1. The van der Waals surface area contributed by atoms with E-state index >= 15 is 0 Å². The highest BCUT2D eigenvalue weighted by Gasteiger charge is 2.00. The van der Waals surface area contributed by atoms with Crippen molar-refractivity contribution in [1.82, 2.24) is 0 Å². The van der Waals surface area contributed by atoms with Gasteiger partial charge in [0.05, 0.1) is 0 Å². The normalized spacial score (nSPS) is 10.0. The molecule has 12 heavy (non-hydrogen) atoms. The Hall–Kier alpha value is -0.320. The fraction of sp³-hybridized carbons (Fsp3) is 0.250. The summed E-state index contributed by atoms with van der Waals surface area (Å²) in [5.41, 5.74) is 0. The molecular formula is C8H12O2S2. The van der Waals surface area contributed by atoms with Gasteiger partial charge in [0.15, 0.2) is 0 Å². The van der Waals surface area contributed by atoms with E-state index in [1.165, 1.54) is 6.92 Å². The third-order valence-electron chi connectivity index (χ3n) is 0.756. The largest absolute Gasteiger partial charge is 0.508 e. The standard InChI is InChI=1S/C6H6O.C2H6OS2/c7-6-4-2-1-3-5-6;1-2(3,4)5/h1-5,7H;3-5H,1H3. The van der Waals surface area contributed by atoms with Crippen LogP contribution in [0, 0.1) is 0 Å². The summed E-state index contributed by atoms with van der Waals surface area (Å²) in [6.45, 7) is 1.47. The Morgan fingerprint density at radius 2 is 1.50 bits per heavy atom. The van der Waals surface area contributed by atoms with Crippen LogP contribution in [0.1, 0.15) is 6.92 Å². The van der Waals surface area contributed by atoms with Gasteiger partial charge in [-0.15, -0.1) is 25.3 Å². The van der Waals surface area contributed by atoms with Crippen LogP contribution in [-0.2, 0) is 0 Å².